The largest absolute Gasteiger partial charge is 0.352 e. The van der Waals surface area contributed by atoms with Crippen molar-refractivity contribution in [2.75, 3.05) is 11.4 Å². The van der Waals surface area contributed by atoms with Gasteiger partial charge < -0.3 is 4.90 Å². The van der Waals surface area contributed by atoms with Gasteiger partial charge in [0.25, 0.3) is 5.56 Å². The highest BCUT2D eigenvalue weighted by Gasteiger charge is 2.62. The number of rotatable bonds is 2. The van der Waals surface area contributed by atoms with Crippen molar-refractivity contribution in [2.24, 2.45) is 5.41 Å². The summed E-state index contributed by atoms with van der Waals surface area (Å²) in [6.07, 6.45) is 5.99. The number of anilines is 1. The number of hydrogen-bond acceptors (Lipinski definition) is 6. The predicted octanol–water partition coefficient (Wildman–Crippen LogP) is 1.86. The van der Waals surface area contributed by atoms with Crippen LogP contribution in [0, 0.1) is 5.41 Å². The van der Waals surface area contributed by atoms with E-state index in [-0.39, 0.29) is 18.0 Å². The van der Waals surface area contributed by atoms with Gasteiger partial charge in [0.15, 0.2) is 5.41 Å². The van der Waals surface area contributed by atoms with E-state index >= 15 is 0 Å². The number of imide groups is 2. The third-order valence-electron chi connectivity index (χ3n) is 7.44. The van der Waals surface area contributed by atoms with Crippen LogP contribution in [0.1, 0.15) is 51.5 Å². The predicted molar refractivity (Wildman–Crippen MR) is 117 cm³/mol. The lowest BCUT2D eigenvalue weighted by Crippen LogP contribution is -2.73. The van der Waals surface area contributed by atoms with Crippen LogP contribution in [0.15, 0.2) is 29.2 Å². The van der Waals surface area contributed by atoms with Crippen LogP contribution < -0.4 is 15.8 Å². The molecule has 1 saturated heterocycles. The summed E-state index contributed by atoms with van der Waals surface area (Å²) in [5.74, 6) is -0.621. The molecule has 4 heterocycles. The molecule has 32 heavy (non-hydrogen) atoms. The van der Waals surface area contributed by atoms with Gasteiger partial charge >= 0.3 is 6.03 Å². The Morgan fingerprint density at radius 2 is 1.88 bits per heavy atom. The molecule has 0 unspecified atom stereocenters. The molecule has 5 rings (SSSR count). The number of barbiturate groups is 1. The third kappa shape index (κ3) is 2.73. The molecule has 2 aromatic heterocycles. The number of hydrogen-bond donors (Lipinski definition) is 1. The lowest BCUT2D eigenvalue weighted by Gasteiger charge is -2.51. The van der Waals surface area contributed by atoms with Crippen molar-refractivity contribution in [3.05, 3.63) is 40.3 Å². The number of carbonyl (C=O) groups is 3. The summed E-state index contributed by atoms with van der Waals surface area (Å²) in [6, 6.07) is 3.87. The van der Waals surface area contributed by atoms with Gasteiger partial charge in [-0.2, -0.15) is 0 Å². The minimum absolute atomic E-state index is 0.0785. The molecule has 2 atom stereocenters. The molecule has 2 fully saturated rings. The Kier molecular flexibility index (Phi) is 4.79. The number of fused-ring (bicyclic) bond motifs is 2. The van der Waals surface area contributed by atoms with Crippen molar-refractivity contribution in [1.82, 2.24) is 19.6 Å². The molecule has 9 heteroatoms. The SMILES string of the molecule is CCN1c2nc3ccccn3c(=O)c2C[C@@]2(C(=O)NC(=O)N(C3CCCCC3)C2=O)[C@@H]1C. The van der Waals surface area contributed by atoms with E-state index in [9.17, 15) is 19.2 Å². The number of aromatic nitrogens is 2. The number of pyridine rings is 1. The normalized spacial score (nSPS) is 26.6. The Morgan fingerprint density at radius 1 is 1.12 bits per heavy atom. The quantitative estimate of drug-likeness (QED) is 0.720. The maximum atomic E-state index is 14.0. The van der Waals surface area contributed by atoms with E-state index in [1.165, 1.54) is 9.30 Å². The fraction of sp³-hybridized carbons (Fsp3) is 0.522. The first-order chi connectivity index (χ1) is 15.4. The van der Waals surface area contributed by atoms with Crippen LogP contribution in [0.3, 0.4) is 0 Å². The first-order valence-electron chi connectivity index (χ1n) is 11.4. The molecular formula is C23H27N5O4. The Labute approximate surface area is 185 Å². The van der Waals surface area contributed by atoms with Crippen molar-refractivity contribution in [2.45, 2.75) is 64.5 Å². The summed E-state index contributed by atoms with van der Waals surface area (Å²) in [4.78, 5) is 61.3. The zero-order chi connectivity index (χ0) is 22.6. The van der Waals surface area contributed by atoms with Crippen LogP contribution in [0.5, 0.6) is 0 Å². The van der Waals surface area contributed by atoms with Crippen molar-refractivity contribution in [3.63, 3.8) is 0 Å². The van der Waals surface area contributed by atoms with Crippen molar-refractivity contribution in [1.29, 1.82) is 0 Å². The molecule has 0 bridgehead atoms. The first-order valence-corrected chi connectivity index (χ1v) is 11.4. The van der Waals surface area contributed by atoms with Crippen LogP contribution in [0.25, 0.3) is 5.65 Å². The second-order valence-electron chi connectivity index (χ2n) is 8.98. The molecule has 1 aliphatic carbocycles. The number of nitrogens with one attached hydrogen (secondary N) is 1. The summed E-state index contributed by atoms with van der Waals surface area (Å²) in [5, 5.41) is 2.45. The molecule has 0 aromatic carbocycles. The van der Waals surface area contributed by atoms with Gasteiger partial charge in [0, 0.05) is 25.2 Å². The van der Waals surface area contributed by atoms with Gasteiger partial charge in [-0.3, -0.25) is 29.0 Å². The average molecular weight is 438 g/mol. The fourth-order valence-electron chi connectivity index (χ4n) is 5.67. The molecular weight excluding hydrogens is 410 g/mol. The first kappa shape index (κ1) is 20.7. The van der Waals surface area contributed by atoms with Crippen molar-refractivity contribution < 1.29 is 14.4 Å². The molecule has 168 valence electrons. The van der Waals surface area contributed by atoms with Gasteiger partial charge in [-0.15, -0.1) is 0 Å². The Balaban J connectivity index is 1.68. The Morgan fingerprint density at radius 3 is 2.59 bits per heavy atom. The van der Waals surface area contributed by atoms with Gasteiger partial charge in [-0.1, -0.05) is 25.3 Å². The van der Waals surface area contributed by atoms with Gasteiger partial charge in [-0.05, 0) is 38.8 Å². The lowest BCUT2D eigenvalue weighted by molar-refractivity contribution is -0.155. The van der Waals surface area contributed by atoms with Crippen LogP contribution >= 0.6 is 0 Å². The van der Waals surface area contributed by atoms with Gasteiger partial charge in [0.2, 0.25) is 11.8 Å². The number of carbonyl (C=O) groups excluding carboxylic acids is 3. The molecule has 2 aromatic rings. The maximum Gasteiger partial charge on any atom is 0.331 e. The summed E-state index contributed by atoms with van der Waals surface area (Å²) in [7, 11) is 0. The van der Waals surface area contributed by atoms with Crippen molar-refractivity contribution >= 4 is 29.3 Å². The minimum atomic E-state index is -1.56. The monoisotopic (exact) mass is 437 g/mol. The topological polar surface area (TPSA) is 104 Å². The highest BCUT2D eigenvalue weighted by Crippen LogP contribution is 2.43. The second-order valence-corrected chi connectivity index (χ2v) is 8.98. The molecule has 0 radical (unpaired) electrons. The van der Waals surface area contributed by atoms with E-state index in [2.05, 4.69) is 5.32 Å². The highest BCUT2D eigenvalue weighted by atomic mass is 16.2. The number of urea groups is 1. The van der Waals surface area contributed by atoms with E-state index < -0.39 is 29.3 Å². The van der Waals surface area contributed by atoms with E-state index in [1.54, 1.807) is 18.3 Å². The minimum Gasteiger partial charge on any atom is -0.352 e. The Hall–Kier alpha value is -3.23. The van der Waals surface area contributed by atoms with Gasteiger partial charge in [-0.25, -0.2) is 9.78 Å². The smallest absolute Gasteiger partial charge is 0.331 e. The standard InChI is InChI=1S/C23H27N5O4/c1-3-26-14(2)23(13-16-18(26)24-17-11-7-8-12-27(17)19(16)29)20(30)25-22(32)28(21(23)31)15-9-5-4-6-10-15/h7-8,11-12,14-15H,3-6,9-10,13H2,1-2H3,(H,25,30,32)/t14-,23-/m0/s1. The van der Waals surface area contributed by atoms with Gasteiger partial charge in [0.1, 0.15) is 11.5 Å². The van der Waals surface area contributed by atoms with E-state index in [1.807, 2.05) is 24.8 Å². The summed E-state index contributed by atoms with van der Waals surface area (Å²) in [5.41, 5.74) is -1.01. The molecule has 2 aliphatic heterocycles. The zero-order valence-corrected chi connectivity index (χ0v) is 18.3. The van der Waals surface area contributed by atoms with Crippen LogP contribution in [0.4, 0.5) is 10.6 Å². The molecule has 9 nitrogen and oxygen atoms in total. The summed E-state index contributed by atoms with van der Waals surface area (Å²) in [6.45, 7) is 4.18. The van der Waals surface area contributed by atoms with Crippen LogP contribution in [-0.2, 0) is 16.0 Å². The third-order valence-corrected chi connectivity index (χ3v) is 7.44. The summed E-state index contributed by atoms with van der Waals surface area (Å²) >= 11 is 0. The molecule has 1 N–H and O–H groups in total. The lowest BCUT2D eigenvalue weighted by atomic mass is 9.69. The van der Waals surface area contributed by atoms with Crippen LogP contribution in [-0.4, -0.2) is 50.8 Å². The van der Waals surface area contributed by atoms with Gasteiger partial charge in [0.05, 0.1) is 11.6 Å². The molecule has 4 amide bonds. The molecule has 3 aliphatic rings. The van der Waals surface area contributed by atoms with Crippen LogP contribution in [0.2, 0.25) is 0 Å². The molecule has 1 spiro atoms. The van der Waals surface area contributed by atoms with E-state index in [4.69, 9.17) is 4.98 Å². The van der Waals surface area contributed by atoms with E-state index in [0.717, 1.165) is 32.1 Å². The number of nitrogens with zero attached hydrogens (tertiary/aromatic N) is 4. The Bertz CT molecular complexity index is 1180. The maximum absolute atomic E-state index is 14.0. The average Bonchev–Trinajstić information content (AvgIpc) is 2.79. The number of amides is 4. The zero-order valence-electron chi connectivity index (χ0n) is 18.3. The molecule has 1 saturated carbocycles. The van der Waals surface area contributed by atoms with Crippen molar-refractivity contribution in [3.8, 4) is 0 Å². The summed E-state index contributed by atoms with van der Waals surface area (Å²) < 4.78 is 1.44. The van der Waals surface area contributed by atoms with E-state index in [0.29, 0.717) is 23.6 Å². The fourth-order valence-corrected chi connectivity index (χ4v) is 5.67. The highest BCUT2D eigenvalue weighted by molar-refractivity contribution is 6.20. The second kappa shape index (κ2) is 7.43.